The van der Waals surface area contributed by atoms with E-state index in [1.165, 1.54) is 35.6 Å². The molecule has 0 aliphatic heterocycles. The number of rotatable bonds is 7. The molecule has 0 saturated carbocycles. The third-order valence-corrected chi connectivity index (χ3v) is 5.09. The second-order valence-electron chi connectivity index (χ2n) is 6.69. The summed E-state index contributed by atoms with van der Waals surface area (Å²) in [7, 11) is 0. The molecule has 0 unspecified atom stereocenters. The molecule has 3 amide bonds. The third kappa shape index (κ3) is 7.35. The maximum absolute atomic E-state index is 12.4. The molecule has 0 bridgehead atoms. The highest BCUT2D eigenvalue weighted by Gasteiger charge is 2.38. The van der Waals surface area contributed by atoms with Crippen LogP contribution >= 0.6 is 11.3 Å². The van der Waals surface area contributed by atoms with Crippen molar-refractivity contribution in [3.8, 4) is 0 Å². The molecule has 0 saturated heterocycles. The quantitative estimate of drug-likeness (QED) is 0.450. The lowest BCUT2D eigenvalue weighted by Gasteiger charge is -2.10. The Bertz CT molecular complexity index is 1100. The molecule has 3 N–H and O–H groups in total. The van der Waals surface area contributed by atoms with Gasteiger partial charge in [-0.15, -0.1) is 11.3 Å². The number of carbonyl (C=O) groups is 3. The minimum Gasteiger partial charge on any atom is -0.444 e. The summed E-state index contributed by atoms with van der Waals surface area (Å²) in [6, 6.07) is 15.4. The zero-order valence-electron chi connectivity index (χ0n) is 16.9. The molecule has 0 atom stereocenters. The number of halogens is 3. The Labute approximate surface area is 190 Å². The van der Waals surface area contributed by atoms with E-state index in [-0.39, 0.29) is 18.8 Å². The van der Waals surface area contributed by atoms with Crippen LogP contribution in [0, 0.1) is 0 Å². The maximum atomic E-state index is 12.4. The molecule has 0 spiro atoms. The van der Waals surface area contributed by atoms with Crippen LogP contribution in [0.1, 0.15) is 20.8 Å². The lowest BCUT2D eigenvalue weighted by Crippen LogP contribution is -2.29. The molecule has 0 fully saturated rings. The number of benzene rings is 2. The van der Waals surface area contributed by atoms with Crippen molar-refractivity contribution in [3.63, 3.8) is 0 Å². The first-order valence-electron chi connectivity index (χ1n) is 9.52. The SMILES string of the molecule is O=C(NCc1ccc(C(=O)Nc2ccc(NC(=O)C(F)(F)F)cc2)cc1)OCc1cccs1. The molecule has 3 rings (SSSR count). The highest BCUT2D eigenvalue weighted by atomic mass is 32.1. The third-order valence-electron chi connectivity index (χ3n) is 4.24. The van der Waals surface area contributed by atoms with Crippen LogP contribution in [0.3, 0.4) is 0 Å². The van der Waals surface area contributed by atoms with Crippen LogP contribution in [0.5, 0.6) is 0 Å². The molecule has 172 valence electrons. The summed E-state index contributed by atoms with van der Waals surface area (Å²) < 4.78 is 41.9. The van der Waals surface area contributed by atoms with Crippen molar-refractivity contribution in [1.29, 1.82) is 0 Å². The second kappa shape index (κ2) is 10.6. The Kier molecular flexibility index (Phi) is 7.67. The van der Waals surface area contributed by atoms with Gasteiger partial charge in [0.05, 0.1) is 0 Å². The van der Waals surface area contributed by atoms with E-state index >= 15 is 0 Å². The zero-order valence-corrected chi connectivity index (χ0v) is 17.8. The molecule has 1 aromatic heterocycles. The Morgan fingerprint density at radius 3 is 2.09 bits per heavy atom. The normalized spacial score (nSPS) is 10.9. The summed E-state index contributed by atoms with van der Waals surface area (Å²) in [5.74, 6) is -2.51. The maximum Gasteiger partial charge on any atom is 0.471 e. The number of alkyl carbamates (subject to hydrolysis) is 1. The van der Waals surface area contributed by atoms with Gasteiger partial charge < -0.3 is 20.7 Å². The molecule has 33 heavy (non-hydrogen) atoms. The smallest absolute Gasteiger partial charge is 0.444 e. The van der Waals surface area contributed by atoms with Crippen LogP contribution in [0.15, 0.2) is 66.0 Å². The summed E-state index contributed by atoms with van der Waals surface area (Å²) in [6.45, 7) is 0.411. The first kappa shape index (κ1) is 23.8. The van der Waals surface area contributed by atoms with Crippen LogP contribution in [0.2, 0.25) is 0 Å². The number of carbonyl (C=O) groups excluding carboxylic acids is 3. The van der Waals surface area contributed by atoms with E-state index in [4.69, 9.17) is 4.74 Å². The monoisotopic (exact) mass is 477 g/mol. The number of anilines is 2. The van der Waals surface area contributed by atoms with Crippen LogP contribution in [0.4, 0.5) is 29.3 Å². The van der Waals surface area contributed by atoms with Gasteiger partial charge in [0, 0.05) is 28.4 Å². The van der Waals surface area contributed by atoms with E-state index in [1.54, 1.807) is 29.6 Å². The molecule has 11 heteroatoms. The standard InChI is InChI=1S/C22H18F3N3O4S/c23-22(24,25)20(30)28-17-9-7-16(8-10-17)27-19(29)15-5-3-14(4-6-15)12-26-21(31)32-13-18-2-1-11-33-18/h1-11H,12-13H2,(H,26,31)(H,27,29)(H,28,30). The van der Waals surface area contributed by atoms with Gasteiger partial charge in [-0.2, -0.15) is 13.2 Å². The topological polar surface area (TPSA) is 96.5 Å². The average Bonchev–Trinajstić information content (AvgIpc) is 3.31. The number of ether oxygens (including phenoxy) is 1. The largest absolute Gasteiger partial charge is 0.471 e. The van der Waals surface area contributed by atoms with Crippen molar-refractivity contribution in [1.82, 2.24) is 5.32 Å². The molecule has 0 radical (unpaired) electrons. The fourth-order valence-corrected chi connectivity index (χ4v) is 3.19. The second-order valence-corrected chi connectivity index (χ2v) is 7.72. The van der Waals surface area contributed by atoms with Gasteiger partial charge in [0.1, 0.15) is 6.61 Å². The van der Waals surface area contributed by atoms with Crippen molar-refractivity contribution >= 4 is 40.6 Å². The van der Waals surface area contributed by atoms with Gasteiger partial charge in [-0.1, -0.05) is 18.2 Å². The van der Waals surface area contributed by atoms with Crippen molar-refractivity contribution in [2.45, 2.75) is 19.3 Å². The van der Waals surface area contributed by atoms with Crippen LogP contribution in [-0.2, 0) is 22.7 Å². The molecular formula is C22H18F3N3O4S. The van der Waals surface area contributed by atoms with Gasteiger partial charge in [0.2, 0.25) is 0 Å². The molecule has 1 heterocycles. The fourth-order valence-electron chi connectivity index (χ4n) is 2.57. The van der Waals surface area contributed by atoms with Gasteiger partial charge in [0.25, 0.3) is 5.91 Å². The first-order chi connectivity index (χ1) is 15.7. The van der Waals surface area contributed by atoms with Crippen molar-refractivity contribution < 1.29 is 32.3 Å². The first-order valence-corrected chi connectivity index (χ1v) is 10.4. The summed E-state index contributed by atoms with van der Waals surface area (Å²) in [4.78, 5) is 36.0. The van der Waals surface area contributed by atoms with Crippen LogP contribution in [-0.4, -0.2) is 24.1 Å². The van der Waals surface area contributed by atoms with Gasteiger partial charge in [-0.05, 0) is 53.4 Å². The molecule has 0 aliphatic carbocycles. The molecule has 7 nitrogen and oxygen atoms in total. The minimum absolute atomic E-state index is 0.0545. The summed E-state index contributed by atoms with van der Waals surface area (Å²) in [6.07, 6.45) is -5.54. The summed E-state index contributed by atoms with van der Waals surface area (Å²) in [5, 5.41) is 8.84. The van der Waals surface area contributed by atoms with E-state index < -0.39 is 24.1 Å². The number of alkyl halides is 3. The van der Waals surface area contributed by atoms with Gasteiger partial charge >= 0.3 is 18.2 Å². The zero-order chi connectivity index (χ0) is 23.8. The molecule has 3 aromatic rings. The number of nitrogens with one attached hydrogen (secondary N) is 3. The highest BCUT2D eigenvalue weighted by Crippen LogP contribution is 2.20. The van der Waals surface area contributed by atoms with E-state index in [0.29, 0.717) is 11.3 Å². The summed E-state index contributed by atoms with van der Waals surface area (Å²) >= 11 is 1.49. The van der Waals surface area contributed by atoms with Crippen molar-refractivity contribution in [3.05, 3.63) is 82.0 Å². The van der Waals surface area contributed by atoms with E-state index in [9.17, 15) is 27.6 Å². The Hall–Kier alpha value is -3.86. The minimum atomic E-state index is -4.99. The Morgan fingerprint density at radius 1 is 0.879 bits per heavy atom. The van der Waals surface area contributed by atoms with E-state index in [1.807, 2.05) is 17.5 Å². The van der Waals surface area contributed by atoms with Crippen molar-refractivity contribution in [2.24, 2.45) is 0 Å². The molecular weight excluding hydrogens is 459 g/mol. The number of hydrogen-bond acceptors (Lipinski definition) is 5. The van der Waals surface area contributed by atoms with E-state index in [2.05, 4.69) is 10.6 Å². The number of thiophene rings is 1. The van der Waals surface area contributed by atoms with Crippen LogP contribution < -0.4 is 16.0 Å². The van der Waals surface area contributed by atoms with Gasteiger partial charge in [-0.25, -0.2) is 4.79 Å². The lowest BCUT2D eigenvalue weighted by molar-refractivity contribution is -0.167. The predicted molar refractivity (Wildman–Crippen MR) is 117 cm³/mol. The lowest BCUT2D eigenvalue weighted by atomic mass is 10.1. The Balaban J connectivity index is 1.46. The molecule has 0 aliphatic rings. The number of hydrogen-bond donors (Lipinski definition) is 3. The summed E-state index contributed by atoms with van der Waals surface area (Å²) in [5.41, 5.74) is 1.38. The average molecular weight is 477 g/mol. The van der Waals surface area contributed by atoms with Crippen molar-refractivity contribution in [2.75, 3.05) is 10.6 Å². The fraction of sp³-hybridized carbons (Fsp3) is 0.136. The van der Waals surface area contributed by atoms with Gasteiger partial charge in [0.15, 0.2) is 0 Å². The highest BCUT2D eigenvalue weighted by molar-refractivity contribution is 7.09. The van der Waals surface area contributed by atoms with Crippen LogP contribution in [0.25, 0.3) is 0 Å². The predicted octanol–water partition coefficient (Wildman–Crippen LogP) is 4.93. The van der Waals surface area contributed by atoms with E-state index in [0.717, 1.165) is 10.4 Å². The number of amides is 3. The van der Waals surface area contributed by atoms with Gasteiger partial charge in [-0.3, -0.25) is 9.59 Å². The molecule has 2 aromatic carbocycles. The Morgan fingerprint density at radius 2 is 1.52 bits per heavy atom.